The smallest absolute Gasteiger partial charge is 0.339 e. The maximum Gasteiger partial charge on any atom is 0.339 e. The van der Waals surface area contributed by atoms with Crippen LogP contribution in [0.5, 0.6) is 5.75 Å². The molecule has 2 N–H and O–H groups in total. The zero-order valence-corrected chi connectivity index (χ0v) is 9.38. The van der Waals surface area contributed by atoms with Gasteiger partial charge in [-0.25, -0.2) is 10.1 Å². The van der Waals surface area contributed by atoms with Gasteiger partial charge in [0.25, 0.3) is 0 Å². The van der Waals surface area contributed by atoms with Crippen LogP contribution in [-0.4, -0.2) is 16.3 Å². The molecule has 2 aromatic rings. The topological polar surface area (TPSA) is 66.8 Å². The summed E-state index contributed by atoms with van der Waals surface area (Å²) >= 11 is 0. The van der Waals surface area contributed by atoms with Crippen molar-refractivity contribution in [1.82, 2.24) is 0 Å². The van der Waals surface area contributed by atoms with Crippen molar-refractivity contribution in [2.75, 3.05) is 0 Å². The molecule has 0 aromatic heterocycles. The van der Waals surface area contributed by atoms with Crippen molar-refractivity contribution >= 4 is 5.97 Å². The first-order chi connectivity index (χ1) is 8.70. The Morgan fingerprint density at radius 3 is 2.61 bits per heavy atom. The summed E-state index contributed by atoms with van der Waals surface area (Å²) in [5.41, 5.74) is 4.04. The summed E-state index contributed by atoms with van der Waals surface area (Å²) in [5, 5.41) is 17.8. The Bertz CT molecular complexity index is 646. The molecule has 18 heavy (non-hydrogen) atoms. The molecule has 0 heterocycles. The molecular weight excluding hydrogens is 232 g/mol. The van der Waals surface area contributed by atoms with Crippen molar-refractivity contribution in [1.29, 1.82) is 0 Å². The lowest BCUT2D eigenvalue weighted by Crippen LogP contribution is -2.02. The van der Waals surface area contributed by atoms with Crippen molar-refractivity contribution in [2.24, 2.45) is 0 Å². The van der Waals surface area contributed by atoms with Crippen molar-refractivity contribution in [3.05, 3.63) is 53.1 Å². The molecule has 0 spiro atoms. The van der Waals surface area contributed by atoms with Crippen LogP contribution in [0.2, 0.25) is 0 Å². The normalized spacial score (nSPS) is 11.8. The highest BCUT2D eigenvalue weighted by atomic mass is 17.1. The minimum absolute atomic E-state index is 0.0240. The summed E-state index contributed by atoms with van der Waals surface area (Å²) in [5.74, 6) is -1.14. The molecule has 3 rings (SSSR count). The second-order valence-electron chi connectivity index (χ2n) is 4.24. The van der Waals surface area contributed by atoms with Crippen LogP contribution in [0.1, 0.15) is 21.5 Å². The average molecular weight is 242 g/mol. The van der Waals surface area contributed by atoms with Gasteiger partial charge in [-0.2, -0.15) is 0 Å². The third-order valence-corrected chi connectivity index (χ3v) is 3.22. The van der Waals surface area contributed by atoms with Gasteiger partial charge < -0.3 is 9.99 Å². The maximum absolute atomic E-state index is 11.1. The number of carbonyl (C=O) groups is 1. The number of benzene rings is 2. The van der Waals surface area contributed by atoms with E-state index in [2.05, 4.69) is 4.89 Å². The van der Waals surface area contributed by atoms with Crippen molar-refractivity contribution in [3.8, 4) is 16.9 Å². The number of hydrogen-bond donors (Lipinski definition) is 2. The SMILES string of the molecule is O=C(O)c1cc2c(cc1OO)-c1ccccc1C2. The van der Waals surface area contributed by atoms with Gasteiger partial charge in [0.15, 0.2) is 5.75 Å². The molecule has 0 atom stereocenters. The van der Waals surface area contributed by atoms with Crippen LogP contribution in [0.4, 0.5) is 0 Å². The standard InChI is InChI=1S/C14H10O4/c15-14(16)12-6-9-5-8-3-1-2-4-10(8)11(9)7-13(12)18-17/h1-4,6-7,17H,5H2,(H,15,16). The second kappa shape index (κ2) is 3.85. The molecule has 0 fully saturated rings. The zero-order chi connectivity index (χ0) is 12.7. The van der Waals surface area contributed by atoms with E-state index in [0.29, 0.717) is 6.42 Å². The zero-order valence-electron chi connectivity index (χ0n) is 9.38. The van der Waals surface area contributed by atoms with Gasteiger partial charge in [0.1, 0.15) is 5.56 Å². The van der Waals surface area contributed by atoms with E-state index in [1.54, 1.807) is 12.1 Å². The van der Waals surface area contributed by atoms with Gasteiger partial charge in [-0.1, -0.05) is 24.3 Å². The van der Waals surface area contributed by atoms with Gasteiger partial charge in [0.05, 0.1) is 0 Å². The molecule has 4 heteroatoms. The Morgan fingerprint density at radius 1 is 1.11 bits per heavy atom. The Labute approximate surface area is 103 Å². The number of fused-ring (bicyclic) bond motifs is 3. The molecule has 90 valence electrons. The fraction of sp³-hybridized carbons (Fsp3) is 0.0714. The van der Waals surface area contributed by atoms with E-state index in [-0.39, 0.29) is 11.3 Å². The largest absolute Gasteiger partial charge is 0.478 e. The summed E-state index contributed by atoms with van der Waals surface area (Å²) < 4.78 is 0. The number of hydrogen-bond acceptors (Lipinski definition) is 3. The third kappa shape index (κ3) is 1.47. The van der Waals surface area contributed by atoms with Crippen LogP contribution in [0, 0.1) is 0 Å². The van der Waals surface area contributed by atoms with Crippen molar-refractivity contribution < 1.29 is 20.0 Å². The summed E-state index contributed by atoms with van der Waals surface area (Å²) in [6.07, 6.45) is 0.706. The fourth-order valence-corrected chi connectivity index (χ4v) is 2.41. The van der Waals surface area contributed by atoms with E-state index in [1.165, 1.54) is 0 Å². The third-order valence-electron chi connectivity index (χ3n) is 3.22. The van der Waals surface area contributed by atoms with Gasteiger partial charge in [0, 0.05) is 0 Å². The second-order valence-corrected chi connectivity index (χ2v) is 4.24. The van der Waals surface area contributed by atoms with Crippen LogP contribution in [0.25, 0.3) is 11.1 Å². The quantitative estimate of drug-likeness (QED) is 0.535. The van der Waals surface area contributed by atoms with E-state index in [9.17, 15) is 4.79 Å². The number of carboxylic acid groups (broad SMARTS) is 1. The molecule has 0 radical (unpaired) electrons. The molecule has 0 saturated carbocycles. The molecule has 0 amide bonds. The molecule has 2 aromatic carbocycles. The Morgan fingerprint density at radius 2 is 1.89 bits per heavy atom. The minimum Gasteiger partial charge on any atom is -0.478 e. The highest BCUT2D eigenvalue weighted by Crippen LogP contribution is 2.39. The molecule has 4 nitrogen and oxygen atoms in total. The first-order valence-corrected chi connectivity index (χ1v) is 5.50. The highest BCUT2D eigenvalue weighted by Gasteiger charge is 2.23. The van der Waals surface area contributed by atoms with E-state index in [4.69, 9.17) is 10.4 Å². The van der Waals surface area contributed by atoms with Gasteiger partial charge in [-0.3, -0.25) is 0 Å². The minimum atomic E-state index is -1.11. The Balaban J connectivity index is 2.23. The molecule has 0 bridgehead atoms. The molecule has 0 aliphatic heterocycles. The lowest BCUT2D eigenvalue weighted by atomic mass is 10.0. The van der Waals surface area contributed by atoms with Crippen LogP contribution in [-0.2, 0) is 6.42 Å². The predicted molar refractivity (Wildman–Crippen MR) is 64.9 cm³/mol. The van der Waals surface area contributed by atoms with Gasteiger partial charge in [-0.15, -0.1) is 0 Å². The van der Waals surface area contributed by atoms with E-state index < -0.39 is 5.97 Å². The molecule has 1 aliphatic rings. The van der Waals surface area contributed by atoms with E-state index in [1.807, 2.05) is 24.3 Å². The number of carboxylic acids is 1. The highest BCUT2D eigenvalue weighted by molar-refractivity contribution is 5.93. The van der Waals surface area contributed by atoms with Crippen LogP contribution >= 0.6 is 0 Å². The summed E-state index contributed by atoms with van der Waals surface area (Å²) in [7, 11) is 0. The van der Waals surface area contributed by atoms with Crippen LogP contribution in [0.15, 0.2) is 36.4 Å². The Kier molecular flexibility index (Phi) is 2.31. The molecule has 0 saturated heterocycles. The Hall–Kier alpha value is -2.33. The lowest BCUT2D eigenvalue weighted by molar-refractivity contribution is -0.138. The summed E-state index contributed by atoms with van der Waals surface area (Å²) in [6.45, 7) is 0. The van der Waals surface area contributed by atoms with E-state index >= 15 is 0 Å². The van der Waals surface area contributed by atoms with E-state index in [0.717, 1.165) is 22.3 Å². The number of aromatic carboxylic acids is 1. The number of rotatable bonds is 2. The van der Waals surface area contributed by atoms with Gasteiger partial charge >= 0.3 is 5.97 Å². The van der Waals surface area contributed by atoms with Gasteiger partial charge in [0.2, 0.25) is 0 Å². The first-order valence-electron chi connectivity index (χ1n) is 5.50. The fourth-order valence-electron chi connectivity index (χ4n) is 2.41. The summed E-state index contributed by atoms with van der Waals surface area (Å²) in [6, 6.07) is 11.0. The van der Waals surface area contributed by atoms with Crippen LogP contribution < -0.4 is 4.89 Å². The maximum atomic E-state index is 11.1. The first kappa shape index (κ1) is 10.8. The van der Waals surface area contributed by atoms with Crippen molar-refractivity contribution in [2.45, 2.75) is 6.42 Å². The molecule has 1 aliphatic carbocycles. The predicted octanol–water partition coefficient (Wildman–Crippen LogP) is 2.81. The molecular formula is C14H10O4. The average Bonchev–Trinajstić information content (AvgIpc) is 2.74. The molecule has 0 unspecified atom stereocenters. The van der Waals surface area contributed by atoms with Gasteiger partial charge in [-0.05, 0) is 40.8 Å². The van der Waals surface area contributed by atoms with Crippen molar-refractivity contribution in [3.63, 3.8) is 0 Å². The lowest BCUT2D eigenvalue weighted by Gasteiger charge is -2.06. The monoisotopic (exact) mass is 242 g/mol. The summed E-state index contributed by atoms with van der Waals surface area (Å²) in [4.78, 5) is 15.2. The van der Waals surface area contributed by atoms with Crippen LogP contribution in [0.3, 0.4) is 0 Å².